The highest BCUT2D eigenvalue weighted by Crippen LogP contribution is 2.21. The summed E-state index contributed by atoms with van der Waals surface area (Å²) in [5.74, 6) is -0.0163. The highest BCUT2D eigenvalue weighted by molar-refractivity contribution is 5.82. The summed E-state index contributed by atoms with van der Waals surface area (Å²) in [7, 11) is 1.88. The Labute approximate surface area is 153 Å². The van der Waals surface area contributed by atoms with Gasteiger partial charge in [-0.05, 0) is 32.4 Å². The molecule has 1 saturated heterocycles. The van der Waals surface area contributed by atoms with Gasteiger partial charge in [-0.1, -0.05) is 18.2 Å². The van der Waals surface area contributed by atoms with Crippen LogP contribution in [-0.2, 0) is 18.4 Å². The van der Waals surface area contributed by atoms with Crippen LogP contribution in [-0.4, -0.2) is 45.3 Å². The van der Waals surface area contributed by atoms with Crippen LogP contribution in [0.4, 0.5) is 0 Å². The second kappa shape index (κ2) is 7.47. The molecule has 1 aliphatic rings. The van der Waals surface area contributed by atoms with Crippen molar-refractivity contribution in [2.24, 2.45) is 12.8 Å². The maximum atomic E-state index is 13.1. The number of nitrogens with two attached hydrogens (primary N) is 1. The smallest absolute Gasteiger partial charge is 0.276 e. The van der Waals surface area contributed by atoms with Crippen molar-refractivity contribution in [1.82, 2.24) is 19.6 Å². The molecule has 1 aromatic carbocycles. The SMILES string of the molecule is CCNC(=O)[C@@H]1C[C@@H](N)CN1Cc1c(C)n(C)n(-c2ccccc2)c1=O. The second-order valence-corrected chi connectivity index (χ2v) is 6.88. The van der Waals surface area contributed by atoms with Gasteiger partial charge in [-0.3, -0.25) is 19.2 Å². The third-order valence-electron chi connectivity index (χ3n) is 5.12. The molecule has 0 saturated carbocycles. The summed E-state index contributed by atoms with van der Waals surface area (Å²) in [6, 6.07) is 9.23. The average Bonchev–Trinajstić information content (AvgIpc) is 3.09. The largest absolute Gasteiger partial charge is 0.355 e. The molecule has 0 radical (unpaired) electrons. The molecular formula is C19H27N5O2. The van der Waals surface area contributed by atoms with E-state index in [-0.39, 0.29) is 23.6 Å². The van der Waals surface area contributed by atoms with E-state index in [0.717, 1.165) is 11.4 Å². The Morgan fingerprint density at radius 3 is 2.65 bits per heavy atom. The Balaban J connectivity index is 1.93. The molecule has 2 atom stereocenters. The minimum absolute atomic E-state index is 0.0163. The zero-order valence-corrected chi connectivity index (χ0v) is 15.6. The number of benzene rings is 1. The van der Waals surface area contributed by atoms with Gasteiger partial charge >= 0.3 is 0 Å². The van der Waals surface area contributed by atoms with Crippen molar-refractivity contribution in [3.63, 3.8) is 0 Å². The summed E-state index contributed by atoms with van der Waals surface area (Å²) in [5.41, 5.74) is 8.48. The number of nitrogens with zero attached hydrogens (tertiary/aromatic N) is 3. The first-order valence-electron chi connectivity index (χ1n) is 9.04. The highest BCUT2D eigenvalue weighted by Gasteiger charge is 2.36. The molecule has 0 aliphatic carbocycles. The van der Waals surface area contributed by atoms with Gasteiger partial charge in [0.25, 0.3) is 5.56 Å². The number of likely N-dealkylation sites (N-methyl/N-ethyl adjacent to an activating group) is 1. The monoisotopic (exact) mass is 357 g/mol. The van der Waals surface area contributed by atoms with Crippen molar-refractivity contribution in [2.75, 3.05) is 13.1 Å². The molecular weight excluding hydrogens is 330 g/mol. The molecule has 26 heavy (non-hydrogen) atoms. The van der Waals surface area contributed by atoms with Crippen molar-refractivity contribution in [3.8, 4) is 5.69 Å². The predicted octanol–water partition coefficient (Wildman–Crippen LogP) is 0.522. The van der Waals surface area contributed by atoms with E-state index in [0.29, 0.717) is 31.6 Å². The number of hydrogen-bond donors (Lipinski definition) is 2. The summed E-state index contributed by atoms with van der Waals surface area (Å²) in [6.07, 6.45) is 0.616. The highest BCUT2D eigenvalue weighted by atomic mass is 16.2. The van der Waals surface area contributed by atoms with E-state index < -0.39 is 0 Å². The molecule has 0 bridgehead atoms. The molecule has 1 fully saturated rings. The third kappa shape index (κ3) is 3.32. The Morgan fingerprint density at radius 1 is 1.31 bits per heavy atom. The summed E-state index contributed by atoms with van der Waals surface area (Å²) in [4.78, 5) is 27.4. The van der Waals surface area contributed by atoms with Gasteiger partial charge in [-0.25, -0.2) is 4.68 Å². The van der Waals surface area contributed by atoms with Crippen molar-refractivity contribution in [1.29, 1.82) is 0 Å². The van der Waals surface area contributed by atoms with Gasteiger partial charge in [0, 0.05) is 38.4 Å². The first kappa shape index (κ1) is 18.4. The first-order chi connectivity index (χ1) is 12.4. The molecule has 1 aromatic heterocycles. The number of carbonyl (C=O) groups excluding carboxylic acids is 1. The van der Waals surface area contributed by atoms with Gasteiger partial charge in [0.2, 0.25) is 5.91 Å². The van der Waals surface area contributed by atoms with E-state index in [4.69, 9.17) is 5.73 Å². The van der Waals surface area contributed by atoms with E-state index in [1.807, 2.05) is 60.8 Å². The van der Waals surface area contributed by atoms with Gasteiger partial charge in [-0.2, -0.15) is 0 Å². The van der Waals surface area contributed by atoms with Crippen molar-refractivity contribution < 1.29 is 4.79 Å². The Morgan fingerprint density at radius 2 is 2.00 bits per heavy atom. The first-order valence-corrected chi connectivity index (χ1v) is 9.04. The van der Waals surface area contributed by atoms with Crippen LogP contribution in [0.3, 0.4) is 0 Å². The lowest BCUT2D eigenvalue weighted by Gasteiger charge is -2.22. The molecule has 2 aromatic rings. The lowest BCUT2D eigenvalue weighted by Crippen LogP contribution is -2.43. The number of carbonyl (C=O) groups is 1. The number of amides is 1. The molecule has 0 unspecified atom stereocenters. The average molecular weight is 357 g/mol. The van der Waals surface area contributed by atoms with Crippen molar-refractivity contribution in [3.05, 3.63) is 51.9 Å². The summed E-state index contributed by atoms with van der Waals surface area (Å²) >= 11 is 0. The molecule has 2 heterocycles. The minimum Gasteiger partial charge on any atom is -0.355 e. The third-order valence-corrected chi connectivity index (χ3v) is 5.12. The number of rotatable bonds is 5. The van der Waals surface area contributed by atoms with Gasteiger partial charge in [-0.15, -0.1) is 0 Å². The van der Waals surface area contributed by atoms with Gasteiger partial charge in [0.15, 0.2) is 0 Å². The molecule has 3 rings (SSSR count). The van der Waals surface area contributed by atoms with Crippen LogP contribution < -0.4 is 16.6 Å². The maximum Gasteiger partial charge on any atom is 0.276 e. The fourth-order valence-electron chi connectivity index (χ4n) is 3.69. The van der Waals surface area contributed by atoms with Gasteiger partial charge < -0.3 is 11.1 Å². The maximum absolute atomic E-state index is 13.1. The Bertz CT molecular complexity index is 840. The van der Waals surface area contributed by atoms with Crippen LogP contribution in [0.2, 0.25) is 0 Å². The van der Waals surface area contributed by atoms with Crippen LogP contribution >= 0.6 is 0 Å². The second-order valence-electron chi connectivity index (χ2n) is 6.88. The lowest BCUT2D eigenvalue weighted by atomic mass is 10.1. The molecule has 0 spiro atoms. The van der Waals surface area contributed by atoms with E-state index in [1.54, 1.807) is 4.68 Å². The summed E-state index contributed by atoms with van der Waals surface area (Å²) < 4.78 is 3.53. The number of para-hydroxylation sites is 1. The topological polar surface area (TPSA) is 85.3 Å². The number of hydrogen-bond acceptors (Lipinski definition) is 4. The van der Waals surface area contributed by atoms with Crippen LogP contribution in [0.15, 0.2) is 35.1 Å². The lowest BCUT2D eigenvalue weighted by molar-refractivity contribution is -0.125. The quantitative estimate of drug-likeness (QED) is 0.817. The van der Waals surface area contributed by atoms with E-state index in [9.17, 15) is 9.59 Å². The summed E-state index contributed by atoms with van der Waals surface area (Å²) in [5, 5.41) is 2.87. The molecule has 140 valence electrons. The predicted molar refractivity (Wildman–Crippen MR) is 101 cm³/mol. The normalized spacial score (nSPS) is 20.5. The number of likely N-dealkylation sites (tertiary alicyclic amines) is 1. The van der Waals surface area contributed by atoms with Crippen molar-refractivity contribution >= 4 is 5.91 Å². The van der Waals surface area contributed by atoms with E-state index in [2.05, 4.69) is 5.32 Å². The van der Waals surface area contributed by atoms with Gasteiger partial charge in [0.1, 0.15) is 0 Å². The Hall–Kier alpha value is -2.38. The van der Waals surface area contributed by atoms with E-state index >= 15 is 0 Å². The molecule has 1 aliphatic heterocycles. The fraction of sp³-hybridized carbons (Fsp3) is 0.474. The fourth-order valence-corrected chi connectivity index (χ4v) is 3.69. The number of nitrogens with one attached hydrogen (secondary N) is 1. The van der Waals surface area contributed by atoms with Crippen LogP contribution in [0, 0.1) is 6.92 Å². The molecule has 3 N–H and O–H groups in total. The Kier molecular flexibility index (Phi) is 5.29. The standard InChI is InChI=1S/C19H27N5O2/c1-4-21-18(25)17-10-14(20)11-23(17)12-16-13(2)22(3)24(19(16)26)15-8-6-5-7-9-15/h5-9,14,17H,4,10-12,20H2,1-3H3,(H,21,25)/t14-,17+/m1/s1. The van der Waals surface area contributed by atoms with Crippen LogP contribution in [0.25, 0.3) is 5.69 Å². The molecule has 1 amide bonds. The van der Waals surface area contributed by atoms with Crippen LogP contribution in [0.1, 0.15) is 24.6 Å². The van der Waals surface area contributed by atoms with Crippen molar-refractivity contribution in [2.45, 2.75) is 38.9 Å². The number of aromatic nitrogens is 2. The zero-order chi connectivity index (χ0) is 18.8. The van der Waals surface area contributed by atoms with Gasteiger partial charge in [0.05, 0.1) is 17.3 Å². The minimum atomic E-state index is -0.283. The van der Waals surface area contributed by atoms with E-state index in [1.165, 1.54) is 0 Å². The van der Waals surface area contributed by atoms with Crippen LogP contribution in [0.5, 0.6) is 0 Å². The summed E-state index contributed by atoms with van der Waals surface area (Å²) in [6.45, 7) is 5.46. The zero-order valence-electron chi connectivity index (χ0n) is 15.6. The molecule has 7 heteroatoms. The molecule has 7 nitrogen and oxygen atoms in total.